The molecule has 13 N–H and O–H groups in total. The van der Waals surface area contributed by atoms with Crippen molar-refractivity contribution < 1.29 is 152 Å². The van der Waals surface area contributed by atoms with E-state index < -0.39 is 115 Å². The van der Waals surface area contributed by atoms with E-state index >= 15 is 0 Å². The third-order valence-electron chi connectivity index (χ3n) is 16.1. The van der Waals surface area contributed by atoms with Crippen LogP contribution >= 0.6 is 11.8 Å². The van der Waals surface area contributed by atoms with E-state index in [9.17, 15) is 60.0 Å². The van der Waals surface area contributed by atoms with Crippen molar-refractivity contribution in [3.8, 4) is 33.9 Å². The maximum atomic E-state index is 13.8. The third-order valence-corrected chi connectivity index (χ3v) is 19.0. The van der Waals surface area contributed by atoms with Gasteiger partial charge in [0.25, 0.3) is 0 Å². The molecule has 0 bridgehead atoms. The van der Waals surface area contributed by atoms with Crippen LogP contribution in [-0.4, -0.2) is 202 Å². The molecule has 625 valence electrons. The number of aryl methyl sites for hydroxylation is 2. The molecule has 115 heavy (non-hydrogen) atoms. The van der Waals surface area contributed by atoms with Crippen molar-refractivity contribution in [3.05, 3.63) is 148 Å². The Morgan fingerprint density at radius 1 is 0.513 bits per heavy atom. The number of carbonyl (C=O) groups excluding carboxylic acids is 9. The number of nitrogens with two attached hydrogens (primary N) is 2. The molecule has 0 saturated carbocycles. The topological polar surface area (TPSA) is 568 Å². The van der Waals surface area contributed by atoms with Crippen LogP contribution in [0, 0.1) is 13.8 Å². The summed E-state index contributed by atoms with van der Waals surface area (Å²) in [5, 5.41) is 69.3. The Hall–Kier alpha value is -7.13. The monoisotopic (exact) mass is 1850 g/mol. The van der Waals surface area contributed by atoms with Gasteiger partial charge in [-0.15, -0.1) is 5.75 Å². The zero-order chi connectivity index (χ0) is 84.7. The van der Waals surface area contributed by atoms with Crippen LogP contribution in [0.25, 0.3) is 49.8 Å². The van der Waals surface area contributed by atoms with Crippen LogP contribution in [0.3, 0.4) is 0 Å². The van der Waals surface area contributed by atoms with E-state index in [-0.39, 0.29) is 88.1 Å². The number of primary sulfonamides is 2. The first-order valence-electron chi connectivity index (χ1n) is 35.9. The summed E-state index contributed by atoms with van der Waals surface area (Å²) in [4.78, 5) is 110. The van der Waals surface area contributed by atoms with Crippen LogP contribution in [0.15, 0.2) is 119 Å². The van der Waals surface area contributed by atoms with Crippen molar-refractivity contribution in [3.63, 3.8) is 0 Å². The Morgan fingerprint density at radius 2 is 0.852 bits per heavy atom. The predicted molar refractivity (Wildman–Crippen MR) is 414 cm³/mol. The molecule has 6 rings (SSSR count). The number of amides is 6. The van der Waals surface area contributed by atoms with Crippen LogP contribution in [0.2, 0.25) is 0 Å². The van der Waals surface area contributed by atoms with Crippen molar-refractivity contribution in [2.45, 2.75) is 120 Å². The molecule has 0 aliphatic rings. The summed E-state index contributed by atoms with van der Waals surface area (Å²) >= 11 is 0.338. The average molecular weight is 1860 g/mol. The summed E-state index contributed by atoms with van der Waals surface area (Å²) in [5.41, 5.74) is 6.74. The fourth-order valence-electron chi connectivity index (χ4n) is 10.3. The molecule has 0 aliphatic heterocycles. The van der Waals surface area contributed by atoms with Gasteiger partial charge in [-0.3, -0.25) is 28.8 Å². The Morgan fingerprint density at radius 3 is 1.22 bits per heavy atom. The zero-order valence-corrected chi connectivity index (χ0v) is 73.2. The molecule has 6 amide bonds. The van der Waals surface area contributed by atoms with Gasteiger partial charge in [0.05, 0.1) is 69.3 Å². The first-order valence-corrected chi connectivity index (χ1v) is 44.3. The van der Waals surface area contributed by atoms with Crippen molar-refractivity contribution in [1.29, 1.82) is 0 Å². The number of hydrogen-bond acceptors (Lipinski definition) is 28. The summed E-state index contributed by atoms with van der Waals surface area (Å²) < 4.78 is 93.5. The van der Waals surface area contributed by atoms with Crippen LogP contribution in [0.1, 0.15) is 119 Å². The minimum atomic E-state index is -5.94. The van der Waals surface area contributed by atoms with E-state index in [1.807, 2.05) is 62.4 Å². The molecule has 0 fully saturated rings. The van der Waals surface area contributed by atoms with E-state index in [2.05, 4.69) is 65.8 Å². The molecule has 6 aromatic rings. The Bertz CT molecular complexity index is 4460. The molecule has 0 saturated heterocycles. The van der Waals surface area contributed by atoms with Crippen molar-refractivity contribution in [1.82, 2.24) is 56.8 Å². The quantitative estimate of drug-likeness (QED) is 0.0130. The summed E-state index contributed by atoms with van der Waals surface area (Å²) in [5.74, 6) is -5.17. The molecule has 4 aromatic carbocycles. The van der Waals surface area contributed by atoms with Gasteiger partial charge in [0, 0.05) is 49.0 Å². The molecule has 36 nitrogen and oxygen atoms in total. The average Bonchev–Trinajstić information content (AvgIpc) is 1.66. The second-order valence-electron chi connectivity index (χ2n) is 25.2. The van der Waals surface area contributed by atoms with Crippen molar-refractivity contribution in [2.24, 2.45) is 10.3 Å². The summed E-state index contributed by atoms with van der Waals surface area (Å²) in [6, 6.07) is 28.9. The summed E-state index contributed by atoms with van der Waals surface area (Å²) in [6.07, 6.45) is 10.7. The van der Waals surface area contributed by atoms with Crippen molar-refractivity contribution in [2.75, 3.05) is 103 Å². The van der Waals surface area contributed by atoms with Gasteiger partial charge >= 0.3 is 81.8 Å². The normalized spacial score (nSPS) is 11.6. The number of nitrogens with zero attached hydrogens (tertiary/aromatic N) is 7. The van der Waals surface area contributed by atoms with E-state index in [1.54, 1.807) is 45.8 Å². The van der Waals surface area contributed by atoms with Crippen LogP contribution in [-0.2, 0) is 124 Å². The van der Waals surface area contributed by atoms with E-state index in [0.717, 1.165) is 156 Å². The number of carbonyl (C=O) groups is 9. The molecule has 2 aromatic heterocycles. The number of rotatable bonds is 49. The number of sulfonamides is 2. The number of ketones is 2. The number of unbranched alkanes of at least 4 members (excludes halogenated alkanes) is 8. The first-order chi connectivity index (χ1) is 54.2. The number of aromatic nitrogens is 4. The number of nitrogens with one attached hydrogen (secondary N) is 7. The van der Waals surface area contributed by atoms with Gasteiger partial charge in [0.15, 0.2) is 10.9 Å². The fraction of sp³-hybridized carbons (Fsp3) is 0.458. The Labute approximate surface area is 714 Å². The van der Waals surface area contributed by atoms with Crippen molar-refractivity contribution >= 4 is 96.6 Å². The van der Waals surface area contributed by atoms with Crippen LogP contribution in [0.5, 0.6) is 0 Å². The van der Waals surface area contributed by atoms with Gasteiger partial charge < -0.3 is 90.4 Å². The Kier molecular flexibility index (Phi) is 51.6. The molecular formula is C72H98N16NaO20S4Tc2. The fourth-order valence-corrected chi connectivity index (χ4v) is 11.8. The molecule has 0 radical (unpaired) electrons. The standard InChI is InChI=1S/C37H52N8O8S2.C35H50N8O7S2.Na.5O.2Tc/c1-26-9-11-28(12-10-26)32-21-31(44-45(32)29-13-15-30(16-14-29)55(38,52)53)37(40-19-7-3-5-17-39-18-6-4-8-20-46)33(48)22-41-34(49)23-42-35(50)24-43-36(51)25-54-27(2)47;1-25-8-10-26(11-9-25)30-20-29(42-43(30)27-12-14-28(15-13-27)52(36,49)50)35(38-18-6-2-4-16-37-17-5-3-7-19-44)31(45)21-39-32(46)22-40-33(47)23-41-34(48)24-51;;;;;;;;/h9-16,21,37,39-40,46H,3-8,17-20,22-25H2,1-2H3,(H,41,49)(H,42,50)(H,43,51)(H2,38,52,53);8-15,20,35,37-38,44H,2-7,16-19,21-24H2,1H3,(H6,36,39,40,41,46,47,48,49,50,51);;;;;;;;/q;;+1;;;;;-1;+4;/p-4/i;;;;;;;;1+1;. The molecule has 43 heteroatoms. The molecule has 2 heterocycles. The number of aliphatic hydroxyl groups excluding tert-OH is 2. The van der Waals surface area contributed by atoms with Gasteiger partial charge in [0.1, 0.15) is 17.9 Å². The maximum absolute atomic E-state index is 13.8. The van der Waals surface area contributed by atoms with Gasteiger partial charge in [-0.05, 0) is 178 Å². The van der Waals surface area contributed by atoms with E-state index in [0.29, 0.717) is 47.2 Å². The number of Topliss-reactive ketones (excluding diaryl/α,β-unsaturated/α-hetero) is 2. The SMILES string of the molecule is CC(=O)SCC(=O)NCC(=O)NCC(=O)NCC(=O)C(NCCCCCNCCCCCO)c1cc(-c2ccc(C)cc2)n(-c2ccc(S(N)(=O)=O)cc2)n1.Cc1ccc(-c2cc(C(NCCCCCNCCCCCO)C(=O)C[N-]C(=O)C[N-]C(=O)C[N-]C(=O)C[S-])nn2-c2ccc(S(N)(=O)=O)cc2)cc1.[Na+].[O]=[99Tc+4].[O]=[Tc](=[O])(=[O])[O-]. The van der Waals surface area contributed by atoms with Crippen LogP contribution in [0.4, 0.5) is 0 Å². The van der Waals surface area contributed by atoms with Gasteiger partial charge in [-0.1, -0.05) is 104 Å². The number of thioether (sulfide) groups is 1. The van der Waals surface area contributed by atoms with Gasteiger partial charge in [-0.25, -0.2) is 36.5 Å². The second-order valence-corrected chi connectivity index (χ2v) is 31.6. The molecule has 2 unspecified atom stereocenters. The zero-order valence-electron chi connectivity index (χ0n) is 64.3. The third kappa shape index (κ3) is 43.8. The van der Waals surface area contributed by atoms with Crippen LogP contribution < -0.4 is 80.9 Å². The summed E-state index contributed by atoms with van der Waals surface area (Å²) in [6.45, 7) is 7.26. The van der Waals surface area contributed by atoms with Gasteiger partial charge in [-0.2, -0.15) is 10.2 Å². The number of hydrogen-bond donors (Lipinski definition) is 11. The second kappa shape index (κ2) is 57.1. The summed E-state index contributed by atoms with van der Waals surface area (Å²) in [7, 11) is -7.86. The molecular weight excluding hydrogens is 1760 g/mol. The van der Waals surface area contributed by atoms with Gasteiger partial charge in [0.2, 0.25) is 37.8 Å². The molecule has 0 aliphatic carbocycles. The molecule has 0 spiro atoms. The Balaban J connectivity index is 0.000000716. The predicted octanol–water partition coefficient (Wildman–Crippen LogP) is -0.554. The van der Waals surface area contributed by atoms with E-state index in [4.69, 9.17) is 48.6 Å². The number of aliphatic hydroxyl groups is 2. The molecule has 2 atom stereocenters. The minimum absolute atomic E-state index is 0. The van der Waals surface area contributed by atoms with E-state index in [1.165, 1.54) is 31.2 Å². The number of benzene rings is 4. The first kappa shape index (κ1) is 104.